The molecule has 10 atom stereocenters. The fraction of sp³-hybridized carbons (Fsp3) is 0.500. The Hall–Kier alpha value is -2.69. The fourth-order valence-electron chi connectivity index (χ4n) is 5.26. The minimum Gasteiger partial charge on any atom is -0.387 e. The van der Waals surface area contributed by atoms with Crippen molar-refractivity contribution in [1.29, 1.82) is 0 Å². The number of nitrogens with one attached hydrogen (secondary N) is 1. The molecular weight excluding hydrogens is 685 g/mol. The highest BCUT2D eigenvalue weighted by Gasteiger charge is 2.54. The molecule has 0 amide bonds. The van der Waals surface area contributed by atoms with E-state index in [1.165, 1.54) is 17.2 Å². The average Bonchev–Trinajstić information content (AvgIpc) is 3.72. The quantitative estimate of drug-likeness (QED) is 0.122. The number of imidazole rings is 2. The molecule has 20 nitrogen and oxygen atoms in total. The van der Waals surface area contributed by atoms with Crippen LogP contribution in [-0.2, 0) is 36.7 Å². The minimum absolute atomic E-state index is 0.0680. The Bertz CT molecular complexity index is 1950. The Labute approximate surface area is 260 Å². The largest absolute Gasteiger partial charge is 0.387 e. The van der Waals surface area contributed by atoms with Crippen LogP contribution in [-0.4, -0.2) is 94.0 Å². The zero-order valence-corrected chi connectivity index (χ0v) is 25.9. The molecule has 3 aliphatic rings. The number of aromatic nitrogens is 8. The van der Waals surface area contributed by atoms with E-state index in [9.17, 15) is 19.0 Å². The predicted molar refractivity (Wildman–Crippen MR) is 156 cm³/mol. The van der Waals surface area contributed by atoms with E-state index in [1.54, 1.807) is 0 Å². The number of aliphatic hydroxyl groups is 1. The molecule has 0 radical (unpaired) electrons. The van der Waals surface area contributed by atoms with Crippen molar-refractivity contribution in [3.63, 3.8) is 0 Å². The summed E-state index contributed by atoms with van der Waals surface area (Å²) < 4.78 is 79.1. The SMILES string of the molecule is Nc1nc2c(ncn2[C@@H]2OC3CO[P@@](=O)(S)O[C@@H]4[C@H](O)[C@@H](CO[P@@](=O)(S)O[C@H]3[C@H]2F)O[C@H]4n2cnc3c(N)ncnc32)c(=O)[nH]1. The number of thiol groups is 2. The number of nitrogens with zero attached hydrogens (tertiary/aromatic N) is 7. The van der Waals surface area contributed by atoms with Crippen LogP contribution >= 0.6 is 38.1 Å². The van der Waals surface area contributed by atoms with Crippen LogP contribution in [0.1, 0.15) is 12.5 Å². The van der Waals surface area contributed by atoms with Gasteiger partial charge in [0.25, 0.3) is 5.56 Å². The molecule has 0 spiro atoms. The minimum atomic E-state index is -4.42. The number of rotatable bonds is 2. The number of hydrogen-bond acceptors (Lipinski definition) is 17. The van der Waals surface area contributed by atoms with E-state index >= 15 is 4.39 Å². The molecule has 4 aromatic rings. The summed E-state index contributed by atoms with van der Waals surface area (Å²) in [7, 11) is 0. The summed E-state index contributed by atoms with van der Waals surface area (Å²) in [5, 5.41) is 11.1. The average molecular weight is 709 g/mol. The zero-order valence-electron chi connectivity index (χ0n) is 22.3. The van der Waals surface area contributed by atoms with Crippen LogP contribution in [0, 0.1) is 0 Å². The van der Waals surface area contributed by atoms with Gasteiger partial charge in [-0.25, -0.2) is 33.5 Å². The number of anilines is 2. The Morgan fingerprint density at radius 2 is 1.53 bits per heavy atom. The van der Waals surface area contributed by atoms with Gasteiger partial charge in [0.15, 0.2) is 41.3 Å². The van der Waals surface area contributed by atoms with Gasteiger partial charge in [0, 0.05) is 0 Å². The smallest absolute Gasteiger partial charge is 0.386 e. The molecule has 3 fully saturated rings. The molecule has 25 heteroatoms. The van der Waals surface area contributed by atoms with Crippen LogP contribution in [0.25, 0.3) is 22.3 Å². The van der Waals surface area contributed by atoms with Crippen molar-refractivity contribution in [3.8, 4) is 0 Å². The molecule has 242 valence electrons. The molecule has 0 aliphatic carbocycles. The second-order valence-electron chi connectivity index (χ2n) is 10.1. The van der Waals surface area contributed by atoms with Gasteiger partial charge in [0.1, 0.15) is 42.4 Å². The number of nitrogen functional groups attached to an aromatic ring is 2. The number of ether oxygens (including phenoxy) is 2. The summed E-state index contributed by atoms with van der Waals surface area (Å²) >= 11 is 8.04. The van der Waals surface area contributed by atoms with Crippen molar-refractivity contribution in [3.05, 3.63) is 29.3 Å². The first-order chi connectivity index (χ1) is 21.3. The van der Waals surface area contributed by atoms with Gasteiger partial charge >= 0.3 is 13.6 Å². The molecule has 0 saturated carbocycles. The molecule has 4 aromatic heterocycles. The highest BCUT2D eigenvalue weighted by atomic mass is 32.7. The van der Waals surface area contributed by atoms with E-state index in [1.807, 2.05) is 0 Å². The Morgan fingerprint density at radius 3 is 2.27 bits per heavy atom. The molecule has 0 aromatic carbocycles. The lowest BCUT2D eigenvalue weighted by molar-refractivity contribution is -0.0568. The standard InChI is InChI=1S/C20H23FN10O10P2S2/c21-8-12-7(39-18(8)31-5-27-10-16(31)28-20(23)29-17(10)33)2-37-43(35,45)41-13-11(32)6(1-36-42(34,44)40-12)38-19(13)30-4-26-9-14(22)24-3-25-15(9)30/h3-8,11-13,18-19,32H,1-2H2,(H,34,44)(H,35,45)(H2,22,24,25)(H3,23,28,29,33)/t6-,7?,8-,11-,12-,13-,18-,19-,42-,43-/m1/s1. The van der Waals surface area contributed by atoms with Crippen LogP contribution in [0.5, 0.6) is 0 Å². The van der Waals surface area contributed by atoms with Crippen LogP contribution < -0.4 is 17.0 Å². The second-order valence-corrected chi connectivity index (χ2v) is 15.8. The van der Waals surface area contributed by atoms with Gasteiger partial charge < -0.3 is 26.0 Å². The van der Waals surface area contributed by atoms with Crippen molar-refractivity contribution < 1.29 is 46.2 Å². The maximum absolute atomic E-state index is 16.0. The van der Waals surface area contributed by atoms with Crippen LogP contribution in [0.2, 0.25) is 0 Å². The summed E-state index contributed by atoms with van der Waals surface area (Å²) in [5.41, 5.74) is 11.0. The number of fused-ring (bicyclic) bond motifs is 5. The Balaban J connectivity index is 1.21. The first-order valence-corrected chi connectivity index (χ1v) is 18.3. The van der Waals surface area contributed by atoms with E-state index in [2.05, 4.69) is 54.4 Å². The Kier molecular flexibility index (Phi) is 7.72. The predicted octanol–water partition coefficient (Wildman–Crippen LogP) is 0.511. The summed E-state index contributed by atoms with van der Waals surface area (Å²) in [6.07, 6.45) is -8.71. The van der Waals surface area contributed by atoms with Crippen LogP contribution in [0.4, 0.5) is 16.2 Å². The molecule has 2 bridgehead atoms. The number of H-pyrrole nitrogens is 1. The summed E-state index contributed by atoms with van der Waals surface area (Å²) in [6.45, 7) is -10.1. The summed E-state index contributed by atoms with van der Waals surface area (Å²) in [6, 6.07) is 0. The first-order valence-electron chi connectivity index (χ1n) is 12.9. The van der Waals surface area contributed by atoms with Crippen molar-refractivity contribution >= 4 is 72.2 Å². The van der Waals surface area contributed by atoms with Crippen molar-refractivity contribution in [2.24, 2.45) is 0 Å². The van der Waals surface area contributed by atoms with E-state index in [-0.39, 0.29) is 34.1 Å². The van der Waals surface area contributed by atoms with Crippen molar-refractivity contribution in [2.75, 3.05) is 24.7 Å². The number of alkyl halides is 1. The zero-order chi connectivity index (χ0) is 31.8. The number of hydrogen-bond donors (Lipinski definition) is 6. The van der Waals surface area contributed by atoms with Gasteiger partial charge in [-0.1, -0.05) is 24.5 Å². The van der Waals surface area contributed by atoms with Gasteiger partial charge in [0.05, 0.1) is 25.9 Å². The molecule has 7 rings (SSSR count). The number of nitrogens with two attached hydrogens (primary N) is 2. The van der Waals surface area contributed by atoms with Crippen molar-refractivity contribution in [2.45, 2.75) is 49.1 Å². The first kappa shape index (κ1) is 30.9. The summed E-state index contributed by atoms with van der Waals surface area (Å²) in [5.74, 6) is -0.193. The highest BCUT2D eigenvalue weighted by molar-refractivity contribution is 8.44. The van der Waals surface area contributed by atoms with Gasteiger partial charge in [0.2, 0.25) is 5.95 Å². The third kappa shape index (κ3) is 5.54. The molecule has 3 saturated heterocycles. The fourth-order valence-corrected chi connectivity index (χ4v) is 8.20. The molecule has 6 N–H and O–H groups in total. The number of aromatic amines is 1. The molecule has 45 heavy (non-hydrogen) atoms. The van der Waals surface area contributed by atoms with Crippen molar-refractivity contribution in [1.82, 2.24) is 39.0 Å². The summed E-state index contributed by atoms with van der Waals surface area (Å²) in [4.78, 5) is 34.7. The normalized spacial score (nSPS) is 37.7. The number of halogens is 1. The molecule has 3 aliphatic heterocycles. The monoisotopic (exact) mass is 708 g/mol. The van der Waals surface area contributed by atoms with Gasteiger partial charge in [-0.05, 0) is 0 Å². The van der Waals surface area contributed by atoms with Crippen LogP contribution in [0.15, 0.2) is 23.8 Å². The second kappa shape index (κ2) is 11.2. The van der Waals surface area contributed by atoms with E-state index in [0.29, 0.717) is 0 Å². The van der Waals surface area contributed by atoms with Gasteiger partial charge in [-0.15, -0.1) is 0 Å². The van der Waals surface area contributed by atoms with E-state index < -0.39 is 81.5 Å². The molecular formula is C20H23FN10O10P2S2. The van der Waals surface area contributed by atoms with E-state index in [0.717, 1.165) is 10.9 Å². The Morgan fingerprint density at radius 1 is 0.911 bits per heavy atom. The molecule has 7 heterocycles. The van der Waals surface area contributed by atoms with Gasteiger partial charge in [-0.2, -0.15) is 4.98 Å². The van der Waals surface area contributed by atoms with Gasteiger partial charge in [-0.3, -0.25) is 37.0 Å². The molecule has 1 unspecified atom stereocenters. The van der Waals surface area contributed by atoms with Crippen LogP contribution in [0.3, 0.4) is 0 Å². The highest BCUT2D eigenvalue weighted by Crippen LogP contribution is 2.60. The lowest BCUT2D eigenvalue weighted by Gasteiger charge is -2.26. The lowest BCUT2D eigenvalue weighted by atomic mass is 10.1. The topological polar surface area (TPSA) is 269 Å². The third-order valence-electron chi connectivity index (χ3n) is 7.28. The van der Waals surface area contributed by atoms with E-state index in [4.69, 9.17) is 39.0 Å². The maximum Gasteiger partial charge on any atom is 0.386 e. The lowest BCUT2D eigenvalue weighted by Crippen LogP contribution is -2.35. The number of aliphatic hydroxyl groups excluding tert-OH is 1. The maximum atomic E-state index is 16.0. The third-order valence-corrected chi connectivity index (χ3v) is 10.5.